The molecule has 1 N–H and O–H groups in total. The number of rotatable bonds is 1. The van der Waals surface area contributed by atoms with Gasteiger partial charge in [0, 0.05) is 23.8 Å². The molecular weight excluding hydrogens is 293 g/mol. The number of carbonyl (C=O) groups excluding carboxylic acids is 1. The van der Waals surface area contributed by atoms with Gasteiger partial charge in [-0.2, -0.15) is 13.2 Å². The monoisotopic (exact) mass is 306 g/mol. The number of anilines is 1. The Kier molecular flexibility index (Phi) is 4.42. The lowest BCUT2D eigenvalue weighted by molar-refractivity contribution is -0.183. The third-order valence-corrected chi connectivity index (χ3v) is 3.59. The van der Waals surface area contributed by atoms with E-state index in [0.29, 0.717) is 10.7 Å². The highest BCUT2D eigenvalue weighted by molar-refractivity contribution is 6.30. The molecule has 0 aliphatic carbocycles. The average Bonchev–Trinajstić information content (AvgIpc) is 2.40. The van der Waals surface area contributed by atoms with Crippen LogP contribution in [0.4, 0.5) is 23.7 Å². The Balaban J connectivity index is 1.87. The van der Waals surface area contributed by atoms with Gasteiger partial charge in [-0.05, 0) is 37.1 Å². The lowest BCUT2D eigenvalue weighted by Gasteiger charge is -2.32. The number of hydrogen-bond acceptors (Lipinski definition) is 1. The predicted octanol–water partition coefficient (Wildman–Crippen LogP) is 4.15. The van der Waals surface area contributed by atoms with Gasteiger partial charge in [-0.15, -0.1) is 0 Å². The summed E-state index contributed by atoms with van der Waals surface area (Å²) >= 11 is 5.73. The van der Waals surface area contributed by atoms with Gasteiger partial charge in [0.1, 0.15) is 0 Å². The summed E-state index contributed by atoms with van der Waals surface area (Å²) < 4.78 is 37.6. The number of benzene rings is 1. The van der Waals surface area contributed by atoms with Crippen LogP contribution in [0, 0.1) is 5.92 Å². The van der Waals surface area contributed by atoms with Crippen molar-refractivity contribution >= 4 is 23.3 Å². The van der Waals surface area contributed by atoms with Crippen LogP contribution in [-0.2, 0) is 0 Å². The maximum absolute atomic E-state index is 12.5. The first-order valence-electron chi connectivity index (χ1n) is 6.24. The van der Waals surface area contributed by atoms with Crippen LogP contribution in [0.1, 0.15) is 12.8 Å². The fourth-order valence-electron chi connectivity index (χ4n) is 2.15. The van der Waals surface area contributed by atoms with Crippen LogP contribution in [-0.4, -0.2) is 30.2 Å². The molecule has 0 bridgehead atoms. The summed E-state index contributed by atoms with van der Waals surface area (Å²) in [6, 6.07) is 6.17. The largest absolute Gasteiger partial charge is 0.391 e. The number of piperidine rings is 1. The minimum absolute atomic E-state index is 0.0441. The molecule has 0 aromatic heterocycles. The highest BCUT2D eigenvalue weighted by Crippen LogP contribution is 2.34. The van der Waals surface area contributed by atoms with Gasteiger partial charge in [0.2, 0.25) is 0 Å². The average molecular weight is 307 g/mol. The molecule has 0 unspecified atom stereocenters. The van der Waals surface area contributed by atoms with Crippen molar-refractivity contribution in [1.29, 1.82) is 0 Å². The Labute approximate surface area is 119 Å². The van der Waals surface area contributed by atoms with E-state index in [0.717, 1.165) is 0 Å². The predicted molar refractivity (Wildman–Crippen MR) is 70.8 cm³/mol. The number of urea groups is 1. The van der Waals surface area contributed by atoms with Gasteiger partial charge in [0.15, 0.2) is 0 Å². The number of alkyl halides is 3. The normalized spacial score (nSPS) is 17.1. The van der Waals surface area contributed by atoms with Gasteiger partial charge in [0.05, 0.1) is 5.92 Å². The second-order valence-electron chi connectivity index (χ2n) is 4.74. The SMILES string of the molecule is O=C(Nc1ccc(Cl)cc1)N1CCC(C(F)(F)F)CC1. The molecule has 7 heteroatoms. The highest BCUT2D eigenvalue weighted by atomic mass is 35.5. The van der Waals surface area contributed by atoms with Crippen LogP contribution in [0.5, 0.6) is 0 Å². The molecule has 110 valence electrons. The third kappa shape index (κ3) is 3.79. The summed E-state index contributed by atoms with van der Waals surface area (Å²) in [4.78, 5) is 13.3. The van der Waals surface area contributed by atoms with Crippen molar-refractivity contribution in [3.8, 4) is 0 Å². The van der Waals surface area contributed by atoms with Crippen molar-refractivity contribution in [3.63, 3.8) is 0 Å². The molecule has 1 aliphatic rings. The Morgan fingerprint density at radius 3 is 2.25 bits per heavy atom. The third-order valence-electron chi connectivity index (χ3n) is 3.34. The second kappa shape index (κ2) is 5.91. The van der Waals surface area contributed by atoms with E-state index >= 15 is 0 Å². The Morgan fingerprint density at radius 1 is 1.20 bits per heavy atom. The molecule has 2 amide bonds. The number of likely N-dealkylation sites (tertiary alicyclic amines) is 1. The van der Waals surface area contributed by atoms with Crippen molar-refractivity contribution in [1.82, 2.24) is 4.90 Å². The quantitative estimate of drug-likeness (QED) is 0.830. The zero-order chi connectivity index (χ0) is 14.8. The molecule has 0 saturated carbocycles. The van der Waals surface area contributed by atoms with Gasteiger partial charge < -0.3 is 10.2 Å². The Hall–Kier alpha value is -1.43. The lowest BCUT2D eigenvalue weighted by atomic mass is 9.96. The summed E-state index contributed by atoms with van der Waals surface area (Å²) in [6.07, 6.45) is -4.26. The first-order chi connectivity index (χ1) is 9.36. The topological polar surface area (TPSA) is 32.3 Å². The molecule has 1 aromatic rings. The molecule has 0 spiro atoms. The van der Waals surface area contributed by atoms with Crippen molar-refractivity contribution in [2.75, 3.05) is 18.4 Å². The fraction of sp³-hybridized carbons (Fsp3) is 0.462. The first kappa shape index (κ1) is 15.0. The van der Waals surface area contributed by atoms with E-state index < -0.39 is 12.1 Å². The molecule has 1 heterocycles. The zero-order valence-corrected chi connectivity index (χ0v) is 11.3. The van der Waals surface area contributed by atoms with Gasteiger partial charge >= 0.3 is 12.2 Å². The number of nitrogens with one attached hydrogen (secondary N) is 1. The van der Waals surface area contributed by atoms with Crippen LogP contribution in [0.25, 0.3) is 0 Å². The summed E-state index contributed by atoms with van der Waals surface area (Å²) in [6.45, 7) is 0.229. The summed E-state index contributed by atoms with van der Waals surface area (Å²) in [5.74, 6) is -1.30. The molecule has 1 aliphatic heterocycles. The molecule has 1 aromatic carbocycles. The molecular formula is C13H14ClF3N2O. The molecule has 1 saturated heterocycles. The minimum atomic E-state index is -4.17. The number of amides is 2. The zero-order valence-electron chi connectivity index (χ0n) is 10.6. The summed E-state index contributed by atoms with van der Waals surface area (Å²) in [5, 5.41) is 3.19. The maximum Gasteiger partial charge on any atom is 0.391 e. The van der Waals surface area contributed by atoms with Crippen LogP contribution >= 0.6 is 11.6 Å². The number of carbonyl (C=O) groups is 1. The molecule has 0 radical (unpaired) electrons. The van der Waals surface area contributed by atoms with Gasteiger partial charge in [-0.3, -0.25) is 0 Å². The standard InChI is InChI=1S/C13H14ClF3N2O/c14-10-1-3-11(4-2-10)18-12(20)19-7-5-9(6-8-19)13(15,16)17/h1-4,9H,5-8H2,(H,18,20). The summed E-state index contributed by atoms with van der Waals surface area (Å²) in [7, 11) is 0. The van der Waals surface area contributed by atoms with E-state index in [1.165, 1.54) is 4.90 Å². The van der Waals surface area contributed by atoms with E-state index in [2.05, 4.69) is 5.32 Å². The minimum Gasteiger partial charge on any atom is -0.325 e. The van der Waals surface area contributed by atoms with Crippen molar-refractivity contribution in [2.24, 2.45) is 5.92 Å². The van der Waals surface area contributed by atoms with E-state index in [9.17, 15) is 18.0 Å². The van der Waals surface area contributed by atoms with E-state index in [-0.39, 0.29) is 32.0 Å². The van der Waals surface area contributed by atoms with E-state index in [1.54, 1.807) is 24.3 Å². The van der Waals surface area contributed by atoms with Crippen molar-refractivity contribution in [2.45, 2.75) is 19.0 Å². The fourth-order valence-corrected chi connectivity index (χ4v) is 2.27. The van der Waals surface area contributed by atoms with Crippen LogP contribution in [0.3, 0.4) is 0 Å². The van der Waals surface area contributed by atoms with Crippen LogP contribution in [0.2, 0.25) is 5.02 Å². The Morgan fingerprint density at radius 2 is 1.75 bits per heavy atom. The highest BCUT2D eigenvalue weighted by Gasteiger charge is 2.41. The number of halogens is 4. The number of nitrogens with zero attached hydrogens (tertiary/aromatic N) is 1. The lowest BCUT2D eigenvalue weighted by Crippen LogP contribution is -2.43. The molecule has 0 atom stereocenters. The van der Waals surface area contributed by atoms with Gasteiger partial charge in [0.25, 0.3) is 0 Å². The molecule has 2 rings (SSSR count). The van der Waals surface area contributed by atoms with Gasteiger partial charge in [-0.25, -0.2) is 4.79 Å². The molecule has 3 nitrogen and oxygen atoms in total. The molecule has 1 fully saturated rings. The van der Waals surface area contributed by atoms with Crippen LogP contribution < -0.4 is 5.32 Å². The van der Waals surface area contributed by atoms with Crippen molar-refractivity contribution in [3.05, 3.63) is 29.3 Å². The first-order valence-corrected chi connectivity index (χ1v) is 6.62. The van der Waals surface area contributed by atoms with Crippen LogP contribution in [0.15, 0.2) is 24.3 Å². The van der Waals surface area contributed by atoms with Gasteiger partial charge in [-0.1, -0.05) is 11.6 Å². The van der Waals surface area contributed by atoms with E-state index in [4.69, 9.17) is 11.6 Å². The maximum atomic E-state index is 12.5. The van der Waals surface area contributed by atoms with E-state index in [1.807, 2.05) is 0 Å². The second-order valence-corrected chi connectivity index (χ2v) is 5.18. The smallest absolute Gasteiger partial charge is 0.325 e. The Bertz CT molecular complexity index is 467. The van der Waals surface area contributed by atoms with Crippen molar-refractivity contribution < 1.29 is 18.0 Å². The summed E-state index contributed by atoms with van der Waals surface area (Å²) in [5.41, 5.74) is 0.567. The number of hydrogen-bond donors (Lipinski definition) is 1. The molecule has 20 heavy (non-hydrogen) atoms.